The highest BCUT2D eigenvalue weighted by Crippen LogP contribution is 2.18. The smallest absolute Gasteiger partial charge is 0.267 e. The predicted octanol–water partition coefficient (Wildman–Crippen LogP) is 3.35. The summed E-state index contributed by atoms with van der Waals surface area (Å²) in [7, 11) is 0. The van der Waals surface area contributed by atoms with Crippen molar-refractivity contribution in [3.05, 3.63) is 69.6 Å². The molecule has 0 atom stereocenters. The Balaban J connectivity index is 2.28. The highest BCUT2D eigenvalue weighted by Gasteiger charge is 2.06. The number of hydrogen-bond donors (Lipinski definition) is 0. The Morgan fingerprint density at radius 2 is 1.95 bits per heavy atom. The maximum atomic E-state index is 12.4. The number of aromatic nitrogens is 2. The van der Waals surface area contributed by atoms with E-state index in [-0.39, 0.29) is 5.56 Å². The van der Waals surface area contributed by atoms with Gasteiger partial charge in [-0.15, -0.1) is 0 Å². The second-order valence-corrected chi connectivity index (χ2v) is 4.79. The van der Waals surface area contributed by atoms with E-state index in [1.165, 1.54) is 4.68 Å². The molecule has 0 saturated heterocycles. The van der Waals surface area contributed by atoms with Gasteiger partial charge in [-0.1, -0.05) is 35.9 Å². The lowest BCUT2D eigenvalue weighted by Crippen LogP contribution is -2.20. The van der Waals surface area contributed by atoms with Gasteiger partial charge in [-0.2, -0.15) is 9.78 Å². The van der Waals surface area contributed by atoms with E-state index in [9.17, 15) is 4.79 Å². The molecule has 0 aliphatic rings. The van der Waals surface area contributed by atoms with Crippen LogP contribution in [0.5, 0.6) is 0 Å². The number of benzene rings is 2. The van der Waals surface area contributed by atoms with Gasteiger partial charge < -0.3 is 0 Å². The zero-order valence-electron chi connectivity index (χ0n) is 10.3. The summed E-state index contributed by atoms with van der Waals surface area (Å²) < 4.78 is 1.37. The molecule has 0 aliphatic heterocycles. The van der Waals surface area contributed by atoms with Gasteiger partial charge in [-0.05, 0) is 30.7 Å². The Morgan fingerprint density at radius 3 is 2.74 bits per heavy atom. The van der Waals surface area contributed by atoms with E-state index in [1.807, 2.05) is 37.3 Å². The van der Waals surface area contributed by atoms with Crippen LogP contribution in [0.25, 0.3) is 16.5 Å². The number of halogens is 1. The SMILES string of the molecule is Cc1ccc(-n2ncc3ccccc3c2=O)cc1Cl. The molecule has 0 N–H and O–H groups in total. The minimum atomic E-state index is -0.141. The molecule has 0 unspecified atom stereocenters. The summed E-state index contributed by atoms with van der Waals surface area (Å²) in [6.45, 7) is 1.92. The minimum absolute atomic E-state index is 0.141. The lowest BCUT2D eigenvalue weighted by atomic mass is 10.2. The first kappa shape index (κ1) is 11.9. The molecule has 1 heterocycles. The fourth-order valence-corrected chi connectivity index (χ4v) is 2.16. The molecule has 2 aromatic carbocycles. The molecule has 0 saturated carbocycles. The lowest BCUT2D eigenvalue weighted by Gasteiger charge is -2.07. The summed E-state index contributed by atoms with van der Waals surface area (Å²) in [5.74, 6) is 0. The second kappa shape index (κ2) is 4.52. The van der Waals surface area contributed by atoms with Crippen LogP contribution >= 0.6 is 11.6 Å². The fraction of sp³-hybridized carbons (Fsp3) is 0.0667. The number of aryl methyl sites for hydroxylation is 1. The van der Waals surface area contributed by atoms with Crippen molar-refractivity contribution in [3.63, 3.8) is 0 Å². The third kappa shape index (κ3) is 2.02. The molecule has 0 spiro atoms. The van der Waals surface area contributed by atoms with Crippen LogP contribution in [0, 0.1) is 6.92 Å². The molecule has 4 heteroatoms. The standard InChI is InChI=1S/C15H11ClN2O/c1-10-6-7-12(8-14(10)16)18-15(19)13-5-3-2-4-11(13)9-17-18/h2-9H,1H3. The van der Waals surface area contributed by atoms with Crippen LogP contribution in [0.2, 0.25) is 5.02 Å². The zero-order valence-corrected chi connectivity index (χ0v) is 11.1. The van der Waals surface area contributed by atoms with Crippen molar-refractivity contribution in [2.45, 2.75) is 6.92 Å². The van der Waals surface area contributed by atoms with Crippen molar-refractivity contribution in [2.75, 3.05) is 0 Å². The van der Waals surface area contributed by atoms with Crippen molar-refractivity contribution in [2.24, 2.45) is 0 Å². The Bertz CT molecular complexity index is 824. The predicted molar refractivity (Wildman–Crippen MR) is 77.1 cm³/mol. The Kier molecular flexibility index (Phi) is 2.84. The number of nitrogens with zero attached hydrogens (tertiary/aromatic N) is 2. The molecular weight excluding hydrogens is 260 g/mol. The highest BCUT2D eigenvalue weighted by molar-refractivity contribution is 6.31. The van der Waals surface area contributed by atoms with Crippen LogP contribution in [0.1, 0.15) is 5.56 Å². The van der Waals surface area contributed by atoms with Gasteiger partial charge in [0.1, 0.15) is 0 Å². The van der Waals surface area contributed by atoms with Gasteiger partial charge in [0, 0.05) is 10.4 Å². The van der Waals surface area contributed by atoms with E-state index in [0.717, 1.165) is 10.9 Å². The van der Waals surface area contributed by atoms with Crippen LogP contribution in [-0.2, 0) is 0 Å². The van der Waals surface area contributed by atoms with Crippen molar-refractivity contribution >= 4 is 22.4 Å². The first-order valence-corrected chi connectivity index (χ1v) is 6.28. The van der Waals surface area contributed by atoms with Crippen molar-refractivity contribution < 1.29 is 0 Å². The molecule has 3 aromatic rings. The van der Waals surface area contributed by atoms with Gasteiger partial charge in [-0.25, -0.2) is 0 Å². The first-order valence-electron chi connectivity index (χ1n) is 5.90. The number of rotatable bonds is 1. The summed E-state index contributed by atoms with van der Waals surface area (Å²) in [4.78, 5) is 12.4. The van der Waals surface area contributed by atoms with Gasteiger partial charge >= 0.3 is 0 Å². The lowest BCUT2D eigenvalue weighted by molar-refractivity contribution is 0.821. The Morgan fingerprint density at radius 1 is 1.16 bits per heavy atom. The van der Waals surface area contributed by atoms with E-state index in [1.54, 1.807) is 18.3 Å². The molecule has 3 nitrogen and oxygen atoms in total. The average Bonchev–Trinajstić information content (AvgIpc) is 2.43. The maximum absolute atomic E-state index is 12.4. The quantitative estimate of drug-likeness (QED) is 0.680. The number of fused-ring (bicyclic) bond motifs is 1. The summed E-state index contributed by atoms with van der Waals surface area (Å²) in [6, 6.07) is 12.9. The molecule has 0 bridgehead atoms. The van der Waals surface area contributed by atoms with Crippen molar-refractivity contribution in [1.82, 2.24) is 9.78 Å². The third-order valence-electron chi connectivity index (χ3n) is 3.10. The third-order valence-corrected chi connectivity index (χ3v) is 3.50. The second-order valence-electron chi connectivity index (χ2n) is 4.38. The monoisotopic (exact) mass is 270 g/mol. The average molecular weight is 271 g/mol. The fourth-order valence-electron chi connectivity index (χ4n) is 1.99. The van der Waals surface area contributed by atoms with E-state index in [4.69, 9.17) is 11.6 Å². The largest absolute Gasteiger partial charge is 0.279 e. The first-order chi connectivity index (χ1) is 9.16. The molecule has 1 aromatic heterocycles. The van der Waals surface area contributed by atoms with Crippen molar-refractivity contribution in [3.8, 4) is 5.69 Å². The molecule has 3 rings (SSSR count). The summed E-state index contributed by atoms with van der Waals surface area (Å²) in [5.41, 5.74) is 1.50. The summed E-state index contributed by atoms with van der Waals surface area (Å²) >= 11 is 6.09. The Labute approximate surface area is 115 Å². The van der Waals surface area contributed by atoms with Crippen LogP contribution in [0.3, 0.4) is 0 Å². The van der Waals surface area contributed by atoms with Gasteiger partial charge in [0.05, 0.1) is 17.3 Å². The molecule has 94 valence electrons. The van der Waals surface area contributed by atoms with Crippen LogP contribution in [0.15, 0.2) is 53.5 Å². The van der Waals surface area contributed by atoms with Gasteiger partial charge in [-0.3, -0.25) is 4.79 Å². The normalized spacial score (nSPS) is 10.8. The number of hydrogen-bond acceptors (Lipinski definition) is 2. The highest BCUT2D eigenvalue weighted by atomic mass is 35.5. The molecule has 19 heavy (non-hydrogen) atoms. The van der Waals surface area contributed by atoms with Crippen LogP contribution < -0.4 is 5.56 Å². The van der Waals surface area contributed by atoms with Crippen LogP contribution in [0.4, 0.5) is 0 Å². The molecule has 0 aliphatic carbocycles. The molecule has 0 fully saturated rings. The minimum Gasteiger partial charge on any atom is -0.267 e. The zero-order chi connectivity index (χ0) is 13.4. The van der Waals surface area contributed by atoms with E-state index >= 15 is 0 Å². The van der Waals surface area contributed by atoms with Crippen molar-refractivity contribution in [1.29, 1.82) is 0 Å². The molecular formula is C15H11ClN2O. The topological polar surface area (TPSA) is 34.9 Å². The Hall–Kier alpha value is -2.13. The van der Waals surface area contributed by atoms with Gasteiger partial charge in [0.15, 0.2) is 0 Å². The van der Waals surface area contributed by atoms with E-state index in [0.29, 0.717) is 16.1 Å². The summed E-state index contributed by atoms with van der Waals surface area (Å²) in [5, 5.41) is 6.30. The van der Waals surface area contributed by atoms with E-state index < -0.39 is 0 Å². The van der Waals surface area contributed by atoms with E-state index in [2.05, 4.69) is 5.10 Å². The molecule has 0 amide bonds. The molecule has 0 radical (unpaired) electrons. The van der Waals surface area contributed by atoms with Crippen LogP contribution in [-0.4, -0.2) is 9.78 Å². The maximum Gasteiger partial charge on any atom is 0.279 e. The van der Waals surface area contributed by atoms with Gasteiger partial charge in [0.2, 0.25) is 0 Å². The summed E-state index contributed by atoms with van der Waals surface area (Å²) in [6.07, 6.45) is 1.69. The van der Waals surface area contributed by atoms with Gasteiger partial charge in [0.25, 0.3) is 5.56 Å².